The number of rotatable bonds is 3. The molecular weight excluding hydrogens is 272 g/mol. The summed E-state index contributed by atoms with van der Waals surface area (Å²) in [6.45, 7) is 1.53. The lowest BCUT2D eigenvalue weighted by Gasteiger charge is -2.08. The molecule has 98 valence electrons. The van der Waals surface area contributed by atoms with Gasteiger partial charge in [-0.3, -0.25) is 9.98 Å². The van der Waals surface area contributed by atoms with Gasteiger partial charge >= 0.3 is 0 Å². The summed E-state index contributed by atoms with van der Waals surface area (Å²) in [4.78, 5) is -0.694. The van der Waals surface area contributed by atoms with E-state index in [0.717, 1.165) is 6.07 Å². The molecule has 8 nitrogen and oxygen atoms in total. The van der Waals surface area contributed by atoms with Crippen molar-refractivity contribution < 1.29 is 18.1 Å². The van der Waals surface area contributed by atoms with Crippen LogP contribution in [0, 0.1) is 29.6 Å². The highest BCUT2D eigenvalue weighted by Gasteiger charge is 2.19. The van der Waals surface area contributed by atoms with Gasteiger partial charge in [0, 0.05) is 0 Å². The molecule has 0 fully saturated rings. The highest BCUT2D eigenvalue weighted by Crippen LogP contribution is 2.32. The first-order valence-electron chi connectivity index (χ1n) is 4.74. The van der Waals surface area contributed by atoms with Gasteiger partial charge in [-0.1, -0.05) is 0 Å². The SMILES string of the molecule is Cc1cc(NN=C(C#N)C#N)c(O)c(S(=O)(=O)O)c1. The van der Waals surface area contributed by atoms with Crippen molar-refractivity contribution in [2.75, 3.05) is 5.43 Å². The summed E-state index contributed by atoms with van der Waals surface area (Å²) in [5.41, 5.74) is 1.94. The van der Waals surface area contributed by atoms with Gasteiger partial charge in [0.05, 0.1) is 5.69 Å². The van der Waals surface area contributed by atoms with Crippen LogP contribution in [0.3, 0.4) is 0 Å². The van der Waals surface area contributed by atoms with Gasteiger partial charge in [0.25, 0.3) is 10.1 Å². The number of hydrogen-bond donors (Lipinski definition) is 3. The molecule has 9 heteroatoms. The van der Waals surface area contributed by atoms with Gasteiger partial charge in [-0.05, 0) is 24.6 Å². The van der Waals surface area contributed by atoms with E-state index in [1.165, 1.54) is 25.1 Å². The second kappa shape index (κ2) is 5.35. The second-order valence-electron chi connectivity index (χ2n) is 3.43. The molecule has 1 aromatic carbocycles. The van der Waals surface area contributed by atoms with Crippen molar-refractivity contribution in [3.05, 3.63) is 17.7 Å². The first kappa shape index (κ1) is 14.4. The van der Waals surface area contributed by atoms with Crippen LogP contribution >= 0.6 is 0 Å². The monoisotopic (exact) mass is 280 g/mol. The Balaban J connectivity index is 3.33. The summed E-state index contributed by atoms with van der Waals surface area (Å²) in [7, 11) is -4.60. The predicted molar refractivity (Wildman–Crippen MR) is 64.9 cm³/mol. The lowest BCUT2D eigenvalue weighted by molar-refractivity contribution is 0.444. The van der Waals surface area contributed by atoms with Crippen LogP contribution in [0.15, 0.2) is 22.1 Å². The molecule has 19 heavy (non-hydrogen) atoms. The van der Waals surface area contributed by atoms with E-state index in [4.69, 9.17) is 15.1 Å². The summed E-state index contributed by atoms with van der Waals surface area (Å²) in [6.07, 6.45) is 0. The van der Waals surface area contributed by atoms with Crippen LogP contribution in [-0.2, 0) is 10.1 Å². The molecule has 0 bridgehead atoms. The van der Waals surface area contributed by atoms with Crippen LogP contribution in [0.2, 0.25) is 0 Å². The fourth-order valence-electron chi connectivity index (χ4n) is 1.22. The minimum absolute atomic E-state index is 0.157. The van der Waals surface area contributed by atoms with Crippen LogP contribution in [0.4, 0.5) is 5.69 Å². The van der Waals surface area contributed by atoms with Crippen molar-refractivity contribution >= 4 is 21.5 Å². The number of hydrazone groups is 1. The molecule has 0 heterocycles. The predicted octanol–water partition coefficient (Wildman–Crippen LogP) is 0.762. The van der Waals surface area contributed by atoms with E-state index in [1.54, 1.807) is 0 Å². The van der Waals surface area contributed by atoms with Crippen molar-refractivity contribution in [2.45, 2.75) is 11.8 Å². The third-order valence-corrected chi connectivity index (χ3v) is 2.86. The first-order chi connectivity index (χ1) is 8.79. The average molecular weight is 280 g/mol. The topological polar surface area (TPSA) is 147 Å². The molecule has 0 radical (unpaired) electrons. The summed E-state index contributed by atoms with van der Waals surface area (Å²) in [5.74, 6) is -0.757. The van der Waals surface area contributed by atoms with E-state index in [2.05, 4.69) is 10.5 Å². The molecule has 0 spiro atoms. The Hall–Kier alpha value is -2.62. The average Bonchev–Trinajstić information content (AvgIpc) is 2.32. The van der Waals surface area contributed by atoms with Gasteiger partial charge in [0.1, 0.15) is 17.0 Å². The zero-order valence-electron chi connectivity index (χ0n) is 9.62. The molecule has 0 unspecified atom stereocenters. The minimum Gasteiger partial charge on any atom is -0.504 e. The van der Waals surface area contributed by atoms with Crippen molar-refractivity contribution in [1.29, 1.82) is 10.5 Å². The molecule has 0 amide bonds. The fourth-order valence-corrected chi connectivity index (χ4v) is 1.91. The number of phenolic OH excluding ortho intramolecular Hbond substituents is 1. The van der Waals surface area contributed by atoms with E-state index in [-0.39, 0.29) is 5.69 Å². The minimum atomic E-state index is -4.60. The quantitative estimate of drug-likeness (QED) is 0.320. The van der Waals surface area contributed by atoms with E-state index in [0.29, 0.717) is 5.56 Å². The third kappa shape index (κ3) is 3.42. The molecule has 1 aromatic rings. The summed E-state index contributed by atoms with van der Waals surface area (Å²) < 4.78 is 31.0. The lowest BCUT2D eigenvalue weighted by Crippen LogP contribution is -2.02. The molecule has 0 saturated carbocycles. The van der Waals surface area contributed by atoms with Crippen LogP contribution in [0.1, 0.15) is 5.56 Å². The Morgan fingerprint density at radius 3 is 2.42 bits per heavy atom. The van der Waals surface area contributed by atoms with Gasteiger partial charge in [0.2, 0.25) is 5.71 Å². The number of nitriles is 2. The third-order valence-electron chi connectivity index (χ3n) is 2.00. The molecule has 3 N–H and O–H groups in total. The molecule has 0 aliphatic heterocycles. The highest BCUT2D eigenvalue weighted by molar-refractivity contribution is 7.86. The van der Waals surface area contributed by atoms with Crippen molar-refractivity contribution in [1.82, 2.24) is 0 Å². The summed E-state index contributed by atoms with van der Waals surface area (Å²) in [6, 6.07) is 5.35. The molecule has 1 rings (SSSR count). The van der Waals surface area contributed by atoms with Gasteiger partial charge in [0.15, 0.2) is 5.75 Å². The fraction of sp³-hybridized carbons (Fsp3) is 0.100. The smallest absolute Gasteiger partial charge is 0.298 e. The van der Waals surface area contributed by atoms with Crippen LogP contribution in [-0.4, -0.2) is 23.8 Å². The second-order valence-corrected chi connectivity index (χ2v) is 4.82. The Labute approximate surface area is 109 Å². The Morgan fingerprint density at radius 1 is 1.37 bits per heavy atom. The number of hydrogen-bond acceptors (Lipinski definition) is 7. The lowest BCUT2D eigenvalue weighted by atomic mass is 10.2. The van der Waals surface area contributed by atoms with E-state index in [9.17, 15) is 13.5 Å². The maximum Gasteiger partial charge on any atom is 0.298 e. The van der Waals surface area contributed by atoms with Gasteiger partial charge < -0.3 is 5.11 Å². The first-order valence-corrected chi connectivity index (χ1v) is 6.18. The maximum absolute atomic E-state index is 11.0. The van der Waals surface area contributed by atoms with E-state index >= 15 is 0 Å². The highest BCUT2D eigenvalue weighted by atomic mass is 32.2. The van der Waals surface area contributed by atoms with Gasteiger partial charge in [-0.15, -0.1) is 0 Å². The molecule has 0 saturated heterocycles. The standard InChI is InChI=1S/C10H8N4O4S/c1-6-2-8(14-13-7(4-11)5-12)10(15)9(3-6)19(16,17)18/h2-3,14-15H,1H3,(H,16,17,18). The normalized spacial score (nSPS) is 10.1. The van der Waals surface area contributed by atoms with Crippen molar-refractivity contribution in [3.63, 3.8) is 0 Å². The zero-order valence-corrected chi connectivity index (χ0v) is 10.4. The van der Waals surface area contributed by atoms with Crippen LogP contribution in [0.5, 0.6) is 5.75 Å². The Kier molecular flexibility index (Phi) is 4.07. The number of anilines is 1. The number of nitrogens with zero attached hydrogens (tertiary/aromatic N) is 3. The number of aryl methyl sites for hydroxylation is 1. The number of nitrogens with one attached hydrogen (secondary N) is 1. The van der Waals surface area contributed by atoms with Crippen LogP contribution < -0.4 is 5.43 Å². The molecule has 0 aliphatic carbocycles. The van der Waals surface area contributed by atoms with Gasteiger partial charge in [-0.25, -0.2) is 0 Å². The summed E-state index contributed by atoms with van der Waals surface area (Å²) in [5, 5.41) is 30.0. The number of aromatic hydroxyl groups is 1. The number of benzene rings is 1. The van der Waals surface area contributed by atoms with Crippen LogP contribution in [0.25, 0.3) is 0 Å². The van der Waals surface area contributed by atoms with Crippen molar-refractivity contribution in [2.24, 2.45) is 5.10 Å². The van der Waals surface area contributed by atoms with Gasteiger partial charge in [-0.2, -0.15) is 24.0 Å². The van der Waals surface area contributed by atoms with E-state index in [1.807, 2.05) is 0 Å². The van der Waals surface area contributed by atoms with E-state index < -0.39 is 26.5 Å². The molecule has 0 aromatic heterocycles. The van der Waals surface area contributed by atoms with Crippen molar-refractivity contribution in [3.8, 4) is 17.9 Å². The molecule has 0 atom stereocenters. The zero-order chi connectivity index (χ0) is 14.6. The Morgan fingerprint density at radius 2 is 1.95 bits per heavy atom. The number of phenols is 1. The molecular formula is C10H8N4O4S. The maximum atomic E-state index is 11.0. The Bertz CT molecular complexity index is 709. The molecule has 0 aliphatic rings. The largest absolute Gasteiger partial charge is 0.504 e. The summed E-state index contributed by atoms with van der Waals surface area (Å²) >= 11 is 0.